The molecule has 0 aliphatic heterocycles. The number of phosphoric ester groups is 1. The molecular formula is C36H36O8P2. The normalized spacial score (nSPS) is 11.8. The summed E-state index contributed by atoms with van der Waals surface area (Å²) in [5, 5.41) is 10.7. The van der Waals surface area contributed by atoms with E-state index in [0.717, 1.165) is 22.3 Å². The molecule has 5 aromatic carbocycles. The average Bonchev–Trinajstić information content (AvgIpc) is 3.11. The molecular weight excluding hydrogens is 622 g/mol. The molecule has 0 radical (unpaired) electrons. The Balaban J connectivity index is 1.44. The predicted molar refractivity (Wildman–Crippen MR) is 178 cm³/mol. The number of benzene rings is 5. The molecule has 0 unspecified atom stereocenters. The molecule has 46 heavy (non-hydrogen) atoms. The smallest absolute Gasteiger partial charge is 0.403 e. The van der Waals surface area contributed by atoms with Crippen LogP contribution in [-0.2, 0) is 60.3 Å². The summed E-state index contributed by atoms with van der Waals surface area (Å²) in [5.74, 6) is 0.0911. The average molecular weight is 659 g/mol. The molecule has 10 heteroatoms. The van der Waals surface area contributed by atoms with E-state index in [2.05, 4.69) is 0 Å². The molecule has 0 fully saturated rings. The number of rotatable bonds is 16. The van der Waals surface area contributed by atoms with Crippen molar-refractivity contribution in [3.05, 3.63) is 167 Å². The first-order chi connectivity index (χ1) is 22.4. The van der Waals surface area contributed by atoms with Crippen molar-refractivity contribution < 1.29 is 36.9 Å². The third-order valence-corrected chi connectivity index (χ3v) is 10.1. The fourth-order valence-electron chi connectivity index (χ4n) is 4.54. The van der Waals surface area contributed by atoms with Gasteiger partial charge in [0.05, 0.1) is 38.3 Å². The van der Waals surface area contributed by atoms with E-state index < -0.39 is 22.0 Å². The Morgan fingerprint density at radius 1 is 0.543 bits per heavy atom. The number of aryl methyl sites for hydroxylation is 1. The molecule has 0 aliphatic rings. The zero-order valence-electron chi connectivity index (χ0n) is 25.4. The Morgan fingerprint density at radius 3 is 1.28 bits per heavy atom. The van der Waals surface area contributed by atoms with Gasteiger partial charge >= 0.3 is 15.4 Å². The third kappa shape index (κ3) is 9.35. The molecule has 5 rings (SSSR count). The molecule has 238 valence electrons. The summed E-state index contributed by atoms with van der Waals surface area (Å²) in [6.45, 7) is 1.18. The first kappa shape index (κ1) is 33.5. The molecule has 0 aromatic heterocycles. The second-order valence-corrected chi connectivity index (χ2v) is 14.1. The van der Waals surface area contributed by atoms with Gasteiger partial charge in [0.25, 0.3) is 0 Å². The second-order valence-electron chi connectivity index (χ2n) is 10.5. The molecule has 0 spiro atoms. The van der Waals surface area contributed by atoms with E-state index >= 15 is 0 Å². The van der Waals surface area contributed by atoms with Crippen molar-refractivity contribution in [3.63, 3.8) is 0 Å². The molecule has 0 amide bonds. The van der Waals surface area contributed by atoms with E-state index in [0.29, 0.717) is 5.56 Å². The summed E-state index contributed by atoms with van der Waals surface area (Å²) >= 11 is 0. The summed E-state index contributed by atoms with van der Waals surface area (Å²) in [4.78, 5) is 0. The molecule has 0 bridgehead atoms. The van der Waals surface area contributed by atoms with E-state index in [-0.39, 0.29) is 43.0 Å². The van der Waals surface area contributed by atoms with Crippen LogP contribution in [0.15, 0.2) is 133 Å². The fraction of sp³-hybridized carbons (Fsp3) is 0.167. The summed E-state index contributed by atoms with van der Waals surface area (Å²) in [6.07, 6.45) is 0. The number of phosphoric acid groups is 1. The summed E-state index contributed by atoms with van der Waals surface area (Å²) in [6, 6.07) is 40.3. The van der Waals surface area contributed by atoms with Crippen LogP contribution in [-0.4, -0.2) is 5.11 Å². The monoisotopic (exact) mass is 658 g/mol. The minimum absolute atomic E-state index is 0.0334. The second kappa shape index (κ2) is 16.1. The van der Waals surface area contributed by atoms with Crippen molar-refractivity contribution in [2.75, 3.05) is 0 Å². The van der Waals surface area contributed by atoms with Crippen LogP contribution in [0.3, 0.4) is 0 Å². The van der Waals surface area contributed by atoms with Gasteiger partial charge in [-0.1, -0.05) is 121 Å². The molecule has 8 nitrogen and oxygen atoms in total. The first-order valence-electron chi connectivity index (χ1n) is 14.7. The predicted octanol–water partition coefficient (Wildman–Crippen LogP) is 8.66. The standard InChI is InChI=1S/C36H36O8P2/c1-29-22-35(45(38,40-25-30-14-6-2-7-15-30)41-26-31-16-8-3-9-17-31)23-34(24-37)36(29)44-46(39,42-27-32-18-10-4-11-19-32)43-28-33-20-12-5-13-21-33/h2-23,37H,24-28H2,1H3. The van der Waals surface area contributed by atoms with Crippen LogP contribution in [0, 0.1) is 6.92 Å². The Hall–Kier alpha value is -3.84. The van der Waals surface area contributed by atoms with Gasteiger partial charge in [0.1, 0.15) is 5.75 Å². The Morgan fingerprint density at radius 2 is 0.913 bits per heavy atom. The van der Waals surface area contributed by atoms with Gasteiger partial charge in [-0.15, -0.1) is 0 Å². The minimum Gasteiger partial charge on any atom is -0.403 e. The van der Waals surface area contributed by atoms with E-state index in [9.17, 15) is 14.2 Å². The van der Waals surface area contributed by atoms with E-state index in [1.807, 2.05) is 121 Å². The molecule has 0 saturated carbocycles. The van der Waals surface area contributed by atoms with Gasteiger partial charge < -0.3 is 18.7 Å². The fourth-order valence-corrected chi connectivity index (χ4v) is 7.50. The third-order valence-electron chi connectivity index (χ3n) is 6.98. The maximum absolute atomic E-state index is 14.4. The highest BCUT2D eigenvalue weighted by molar-refractivity contribution is 7.62. The lowest BCUT2D eigenvalue weighted by Crippen LogP contribution is -2.14. The van der Waals surface area contributed by atoms with Gasteiger partial charge in [0.2, 0.25) is 0 Å². The SMILES string of the molecule is Cc1cc(P(=O)(OCc2ccccc2)OCc2ccccc2)cc(CO)c1OP(=O)(OCc1ccccc1)OCc1ccccc1. The van der Waals surface area contributed by atoms with Gasteiger partial charge in [-0.2, -0.15) is 0 Å². The number of hydrogen-bond donors (Lipinski definition) is 1. The molecule has 0 saturated heterocycles. The van der Waals surface area contributed by atoms with Gasteiger partial charge in [0, 0.05) is 5.56 Å². The largest absolute Gasteiger partial charge is 0.530 e. The van der Waals surface area contributed by atoms with E-state index in [4.69, 9.17) is 22.6 Å². The van der Waals surface area contributed by atoms with E-state index in [1.54, 1.807) is 13.0 Å². The van der Waals surface area contributed by atoms with Crippen molar-refractivity contribution in [1.82, 2.24) is 0 Å². The maximum Gasteiger partial charge on any atom is 0.530 e. The van der Waals surface area contributed by atoms with E-state index in [1.165, 1.54) is 6.07 Å². The highest BCUT2D eigenvalue weighted by Crippen LogP contribution is 2.54. The highest BCUT2D eigenvalue weighted by atomic mass is 31.2. The molecule has 1 N–H and O–H groups in total. The van der Waals surface area contributed by atoms with Crippen LogP contribution in [0.5, 0.6) is 5.75 Å². The molecule has 0 heterocycles. The van der Waals surface area contributed by atoms with Crippen LogP contribution in [0.2, 0.25) is 0 Å². The van der Waals surface area contributed by atoms with Gasteiger partial charge in [-0.3, -0.25) is 13.6 Å². The number of aliphatic hydroxyl groups is 1. The van der Waals surface area contributed by atoms with Crippen LogP contribution in [0.1, 0.15) is 33.4 Å². The molecule has 0 aliphatic carbocycles. The Labute approximate surface area is 269 Å². The number of hydrogen-bond acceptors (Lipinski definition) is 8. The quantitative estimate of drug-likeness (QED) is 0.105. The summed E-state index contributed by atoms with van der Waals surface area (Å²) in [7, 11) is -8.19. The van der Waals surface area contributed by atoms with Crippen molar-refractivity contribution >= 4 is 20.7 Å². The lowest BCUT2D eigenvalue weighted by molar-refractivity contribution is 0.142. The van der Waals surface area contributed by atoms with Crippen LogP contribution >= 0.6 is 15.4 Å². The molecule has 0 atom stereocenters. The first-order valence-corrected chi connectivity index (χ1v) is 17.7. The molecule has 5 aromatic rings. The Bertz CT molecular complexity index is 1670. The van der Waals surface area contributed by atoms with Gasteiger partial charge in [0.15, 0.2) is 0 Å². The van der Waals surface area contributed by atoms with Crippen LogP contribution in [0.25, 0.3) is 0 Å². The van der Waals surface area contributed by atoms with Gasteiger partial charge in [-0.25, -0.2) is 4.57 Å². The topological polar surface area (TPSA) is 101 Å². The maximum atomic E-state index is 14.4. The van der Waals surface area contributed by atoms with Gasteiger partial charge in [-0.05, 0) is 46.9 Å². The zero-order valence-corrected chi connectivity index (χ0v) is 27.2. The number of aliphatic hydroxyl groups excluding tert-OH is 1. The van der Waals surface area contributed by atoms with Crippen molar-refractivity contribution in [3.8, 4) is 5.75 Å². The van der Waals surface area contributed by atoms with Crippen molar-refractivity contribution in [2.45, 2.75) is 40.0 Å². The van der Waals surface area contributed by atoms with Crippen LogP contribution < -0.4 is 9.83 Å². The Kier molecular flexibility index (Phi) is 11.8. The van der Waals surface area contributed by atoms with Crippen LogP contribution in [0.4, 0.5) is 0 Å². The van der Waals surface area contributed by atoms with Crippen molar-refractivity contribution in [1.29, 1.82) is 0 Å². The minimum atomic E-state index is -4.24. The lowest BCUT2D eigenvalue weighted by Gasteiger charge is -2.24. The van der Waals surface area contributed by atoms with Crippen molar-refractivity contribution in [2.24, 2.45) is 0 Å². The lowest BCUT2D eigenvalue weighted by atomic mass is 10.1. The zero-order chi connectivity index (χ0) is 32.2. The highest BCUT2D eigenvalue weighted by Gasteiger charge is 2.34. The summed E-state index contributed by atoms with van der Waals surface area (Å²) in [5.41, 5.74) is 3.83. The summed E-state index contributed by atoms with van der Waals surface area (Å²) < 4.78 is 58.1.